The molecule has 0 amide bonds. The first kappa shape index (κ1) is 21.4. The largest absolute Gasteiger partial charge is 0.519 e. The van der Waals surface area contributed by atoms with Gasteiger partial charge < -0.3 is 19.1 Å². The van der Waals surface area contributed by atoms with E-state index in [0.29, 0.717) is 24.7 Å². The van der Waals surface area contributed by atoms with Gasteiger partial charge in [0.25, 0.3) is 0 Å². The van der Waals surface area contributed by atoms with Gasteiger partial charge in [-0.1, -0.05) is 54.6 Å². The number of hydrogen-bond acceptors (Lipinski definition) is 5. The first-order valence-corrected chi connectivity index (χ1v) is 10.4. The van der Waals surface area contributed by atoms with Crippen LogP contribution < -0.4 is 14.4 Å². The number of hydrogen-bond donors (Lipinski definition) is 0. The van der Waals surface area contributed by atoms with E-state index in [1.54, 1.807) is 18.2 Å². The van der Waals surface area contributed by atoms with Crippen LogP contribution in [0.5, 0.6) is 11.5 Å². The van der Waals surface area contributed by atoms with Gasteiger partial charge in [0.05, 0.1) is 13.2 Å². The van der Waals surface area contributed by atoms with Gasteiger partial charge in [-0.05, 0) is 58.3 Å². The summed E-state index contributed by atoms with van der Waals surface area (Å²) in [5, 5.41) is 2.08. The summed E-state index contributed by atoms with van der Waals surface area (Å²) in [6.45, 7) is 1.00. The number of benzene rings is 4. The molecule has 0 bridgehead atoms. The average molecular weight is 428 g/mol. The van der Waals surface area contributed by atoms with Crippen LogP contribution in [-0.2, 0) is 18.0 Å². The van der Waals surface area contributed by atoms with Crippen molar-refractivity contribution in [2.75, 3.05) is 19.0 Å². The summed E-state index contributed by atoms with van der Waals surface area (Å²) in [7, 11) is 4.03. The molecular formula is C27H25NO4. The maximum atomic E-state index is 12.1. The average Bonchev–Trinajstić information content (AvgIpc) is 2.80. The van der Waals surface area contributed by atoms with Crippen molar-refractivity contribution in [1.29, 1.82) is 0 Å². The maximum Gasteiger partial charge on any atom is 0.519 e. The Morgan fingerprint density at radius 1 is 0.688 bits per heavy atom. The standard InChI is InChI=1S/C27H25NO4/c1-28(2)24-12-7-20(8-13-24)18-30-19-21-9-14-25(15-10-21)31-27(29)32-26-16-11-22-5-3-4-6-23(22)17-26/h3-17H,18-19H2,1-2H3. The molecule has 0 spiro atoms. The van der Waals surface area contributed by atoms with Crippen molar-refractivity contribution >= 4 is 22.6 Å². The van der Waals surface area contributed by atoms with E-state index in [4.69, 9.17) is 14.2 Å². The van der Waals surface area contributed by atoms with Gasteiger partial charge in [0.1, 0.15) is 11.5 Å². The number of carbonyl (C=O) groups is 1. The molecule has 162 valence electrons. The minimum Gasteiger partial charge on any atom is -0.395 e. The third kappa shape index (κ3) is 5.65. The molecular weight excluding hydrogens is 402 g/mol. The number of carbonyl (C=O) groups excluding carboxylic acids is 1. The van der Waals surface area contributed by atoms with E-state index in [-0.39, 0.29) is 0 Å². The Kier molecular flexibility index (Phi) is 6.68. The highest BCUT2D eigenvalue weighted by Crippen LogP contribution is 2.22. The number of ether oxygens (including phenoxy) is 3. The lowest BCUT2D eigenvalue weighted by atomic mass is 10.1. The first-order valence-electron chi connectivity index (χ1n) is 10.4. The van der Waals surface area contributed by atoms with Crippen molar-refractivity contribution in [1.82, 2.24) is 0 Å². The Balaban J connectivity index is 1.26. The van der Waals surface area contributed by atoms with Crippen molar-refractivity contribution in [2.45, 2.75) is 13.2 Å². The van der Waals surface area contributed by atoms with E-state index >= 15 is 0 Å². The molecule has 5 heteroatoms. The van der Waals surface area contributed by atoms with Gasteiger partial charge in [0.15, 0.2) is 0 Å². The maximum absolute atomic E-state index is 12.1. The summed E-state index contributed by atoms with van der Waals surface area (Å²) < 4.78 is 16.4. The molecule has 0 saturated heterocycles. The molecule has 5 nitrogen and oxygen atoms in total. The summed E-state index contributed by atoms with van der Waals surface area (Å²) in [6.07, 6.45) is -0.773. The zero-order valence-electron chi connectivity index (χ0n) is 18.2. The molecule has 0 aliphatic rings. The van der Waals surface area contributed by atoms with Crippen molar-refractivity contribution in [3.8, 4) is 11.5 Å². The third-order valence-corrected chi connectivity index (χ3v) is 5.04. The second-order valence-corrected chi connectivity index (χ2v) is 7.66. The van der Waals surface area contributed by atoms with Crippen molar-refractivity contribution in [3.05, 3.63) is 102 Å². The normalized spacial score (nSPS) is 10.7. The highest BCUT2D eigenvalue weighted by molar-refractivity contribution is 5.84. The summed E-state index contributed by atoms with van der Waals surface area (Å²) in [4.78, 5) is 14.2. The van der Waals surface area contributed by atoms with Gasteiger partial charge in [-0.3, -0.25) is 0 Å². The molecule has 4 aromatic carbocycles. The number of rotatable bonds is 7. The smallest absolute Gasteiger partial charge is 0.395 e. The van der Waals surface area contributed by atoms with Crippen LogP contribution in [0.2, 0.25) is 0 Å². The third-order valence-electron chi connectivity index (χ3n) is 5.04. The fourth-order valence-corrected chi connectivity index (χ4v) is 3.27. The Bertz CT molecular complexity index is 1180. The van der Waals surface area contributed by atoms with E-state index in [0.717, 1.165) is 27.6 Å². The van der Waals surface area contributed by atoms with Gasteiger partial charge in [0.2, 0.25) is 0 Å². The molecule has 0 fully saturated rings. The molecule has 32 heavy (non-hydrogen) atoms. The highest BCUT2D eigenvalue weighted by atomic mass is 16.7. The van der Waals surface area contributed by atoms with E-state index in [1.165, 1.54) is 0 Å². The van der Waals surface area contributed by atoms with Gasteiger partial charge >= 0.3 is 6.16 Å². The lowest BCUT2D eigenvalue weighted by Crippen LogP contribution is -2.13. The van der Waals surface area contributed by atoms with Gasteiger partial charge in [-0.2, -0.15) is 0 Å². The van der Waals surface area contributed by atoms with Gasteiger partial charge in [-0.25, -0.2) is 4.79 Å². The Morgan fingerprint density at radius 3 is 1.91 bits per heavy atom. The minimum atomic E-state index is -0.773. The Hall–Kier alpha value is -3.83. The van der Waals surface area contributed by atoms with E-state index in [9.17, 15) is 4.79 Å². The number of fused-ring (bicyclic) bond motifs is 1. The molecule has 0 saturated carbocycles. The van der Waals surface area contributed by atoms with Crippen LogP contribution in [0, 0.1) is 0 Å². The zero-order valence-corrected chi connectivity index (χ0v) is 18.2. The molecule has 0 aliphatic carbocycles. The summed E-state index contributed by atoms with van der Waals surface area (Å²) in [6, 6.07) is 28.8. The van der Waals surface area contributed by atoms with Crippen molar-refractivity contribution in [2.24, 2.45) is 0 Å². The van der Waals surface area contributed by atoms with Gasteiger partial charge in [-0.15, -0.1) is 0 Å². The fourth-order valence-electron chi connectivity index (χ4n) is 3.27. The number of nitrogens with zero attached hydrogens (tertiary/aromatic N) is 1. The highest BCUT2D eigenvalue weighted by Gasteiger charge is 2.09. The number of anilines is 1. The molecule has 4 rings (SSSR count). The van der Waals surface area contributed by atoms with Crippen LogP contribution in [0.3, 0.4) is 0 Å². The molecule has 0 aliphatic heterocycles. The summed E-state index contributed by atoms with van der Waals surface area (Å²) >= 11 is 0. The Labute approximate surface area is 187 Å². The monoisotopic (exact) mass is 427 g/mol. The predicted molar refractivity (Wildman–Crippen MR) is 126 cm³/mol. The van der Waals surface area contributed by atoms with Crippen LogP contribution in [0.15, 0.2) is 91.0 Å². The van der Waals surface area contributed by atoms with Crippen LogP contribution in [0.25, 0.3) is 10.8 Å². The summed E-state index contributed by atoms with van der Waals surface area (Å²) in [5.74, 6) is 0.858. The molecule has 0 radical (unpaired) electrons. The molecule has 0 aromatic heterocycles. The van der Waals surface area contributed by atoms with Crippen LogP contribution in [0.4, 0.5) is 10.5 Å². The fraction of sp³-hybridized carbons (Fsp3) is 0.148. The Morgan fingerprint density at radius 2 is 1.25 bits per heavy atom. The van der Waals surface area contributed by atoms with E-state index in [2.05, 4.69) is 29.2 Å². The lowest BCUT2D eigenvalue weighted by Gasteiger charge is -2.12. The van der Waals surface area contributed by atoms with Crippen molar-refractivity contribution < 1.29 is 19.0 Å². The lowest BCUT2D eigenvalue weighted by molar-refractivity contribution is 0.107. The zero-order chi connectivity index (χ0) is 22.3. The quantitative estimate of drug-likeness (QED) is 0.260. The summed E-state index contributed by atoms with van der Waals surface area (Å²) in [5.41, 5.74) is 3.26. The first-order chi connectivity index (χ1) is 15.6. The molecule has 0 N–H and O–H groups in total. The molecule has 0 heterocycles. The molecule has 4 aromatic rings. The van der Waals surface area contributed by atoms with E-state index < -0.39 is 6.16 Å². The van der Waals surface area contributed by atoms with Crippen LogP contribution in [-0.4, -0.2) is 20.3 Å². The topological polar surface area (TPSA) is 48.0 Å². The van der Waals surface area contributed by atoms with Crippen LogP contribution >= 0.6 is 0 Å². The predicted octanol–water partition coefficient (Wildman–Crippen LogP) is 6.20. The van der Waals surface area contributed by atoms with Crippen molar-refractivity contribution in [3.63, 3.8) is 0 Å². The van der Waals surface area contributed by atoms with Crippen LogP contribution in [0.1, 0.15) is 11.1 Å². The van der Waals surface area contributed by atoms with Gasteiger partial charge in [0, 0.05) is 19.8 Å². The second kappa shape index (κ2) is 9.98. The van der Waals surface area contributed by atoms with E-state index in [1.807, 2.05) is 62.6 Å². The second-order valence-electron chi connectivity index (χ2n) is 7.66. The minimum absolute atomic E-state index is 0.416. The SMILES string of the molecule is CN(C)c1ccc(COCc2ccc(OC(=O)Oc3ccc4ccccc4c3)cc2)cc1. The molecule has 0 atom stereocenters. The molecule has 0 unspecified atom stereocenters.